The molecule has 0 fully saturated rings. The summed E-state index contributed by atoms with van der Waals surface area (Å²) in [6.45, 7) is 0.567. The van der Waals surface area contributed by atoms with Crippen LogP contribution in [0, 0.1) is 5.82 Å². The molecule has 0 aliphatic heterocycles. The van der Waals surface area contributed by atoms with Crippen molar-refractivity contribution in [3.63, 3.8) is 0 Å². The minimum atomic E-state index is -0.720. The summed E-state index contributed by atoms with van der Waals surface area (Å²) >= 11 is 0. The molecule has 0 bridgehead atoms. The molecule has 0 aromatic heterocycles. The number of methoxy groups -OCH3 is 1. The van der Waals surface area contributed by atoms with Gasteiger partial charge in [0, 0.05) is 19.8 Å². The van der Waals surface area contributed by atoms with E-state index in [0.717, 1.165) is 0 Å². The van der Waals surface area contributed by atoms with Crippen LogP contribution in [0.3, 0.4) is 0 Å². The SMILES string of the molecule is COCCC(N)CC(O)c1cccc(F)c1. The van der Waals surface area contributed by atoms with Crippen LogP contribution in [-0.4, -0.2) is 24.9 Å². The van der Waals surface area contributed by atoms with E-state index in [9.17, 15) is 9.50 Å². The van der Waals surface area contributed by atoms with Gasteiger partial charge < -0.3 is 15.6 Å². The van der Waals surface area contributed by atoms with Gasteiger partial charge in [-0.2, -0.15) is 0 Å². The van der Waals surface area contributed by atoms with Crippen molar-refractivity contribution in [2.24, 2.45) is 5.73 Å². The van der Waals surface area contributed by atoms with Crippen molar-refractivity contribution in [2.45, 2.75) is 25.0 Å². The third-order valence-electron chi connectivity index (χ3n) is 2.45. The molecule has 3 N–H and O–H groups in total. The molecule has 4 heteroatoms. The summed E-state index contributed by atoms with van der Waals surface area (Å²) in [5.74, 6) is -0.345. The molecule has 0 saturated heterocycles. The molecule has 0 radical (unpaired) electrons. The highest BCUT2D eigenvalue weighted by molar-refractivity contribution is 5.18. The molecule has 1 aromatic rings. The summed E-state index contributed by atoms with van der Waals surface area (Å²) in [6.07, 6.45) is 0.373. The minimum Gasteiger partial charge on any atom is -0.388 e. The maximum Gasteiger partial charge on any atom is 0.123 e. The van der Waals surface area contributed by atoms with Crippen molar-refractivity contribution in [1.82, 2.24) is 0 Å². The van der Waals surface area contributed by atoms with Crippen LogP contribution in [0.15, 0.2) is 24.3 Å². The number of aliphatic hydroxyl groups is 1. The summed E-state index contributed by atoms with van der Waals surface area (Å²) in [5, 5.41) is 9.83. The van der Waals surface area contributed by atoms with Crippen LogP contribution < -0.4 is 5.73 Å². The zero-order valence-electron chi connectivity index (χ0n) is 9.40. The number of hydrogen-bond acceptors (Lipinski definition) is 3. The highest BCUT2D eigenvalue weighted by atomic mass is 19.1. The van der Waals surface area contributed by atoms with Gasteiger partial charge in [-0.25, -0.2) is 4.39 Å². The Morgan fingerprint density at radius 1 is 1.50 bits per heavy atom. The Balaban J connectivity index is 2.48. The number of hydrogen-bond donors (Lipinski definition) is 2. The second kappa shape index (κ2) is 6.58. The van der Waals surface area contributed by atoms with E-state index in [1.807, 2.05) is 0 Å². The maximum absolute atomic E-state index is 12.9. The van der Waals surface area contributed by atoms with E-state index in [1.165, 1.54) is 12.1 Å². The number of benzene rings is 1. The zero-order chi connectivity index (χ0) is 12.0. The van der Waals surface area contributed by atoms with Gasteiger partial charge in [-0.1, -0.05) is 12.1 Å². The van der Waals surface area contributed by atoms with E-state index < -0.39 is 6.10 Å². The minimum absolute atomic E-state index is 0.141. The summed E-state index contributed by atoms with van der Waals surface area (Å²) in [5.41, 5.74) is 6.37. The summed E-state index contributed by atoms with van der Waals surface area (Å²) in [6, 6.07) is 5.80. The summed E-state index contributed by atoms with van der Waals surface area (Å²) in [4.78, 5) is 0. The third kappa shape index (κ3) is 4.26. The van der Waals surface area contributed by atoms with Crippen molar-refractivity contribution >= 4 is 0 Å². The molecular weight excluding hydrogens is 209 g/mol. The van der Waals surface area contributed by atoms with Crippen LogP contribution in [0.4, 0.5) is 4.39 Å². The molecular formula is C12H18FNO2. The van der Waals surface area contributed by atoms with E-state index in [1.54, 1.807) is 19.2 Å². The van der Waals surface area contributed by atoms with Crippen molar-refractivity contribution in [1.29, 1.82) is 0 Å². The van der Waals surface area contributed by atoms with Crippen LogP contribution >= 0.6 is 0 Å². The van der Waals surface area contributed by atoms with E-state index >= 15 is 0 Å². The van der Waals surface area contributed by atoms with Crippen LogP contribution in [0.2, 0.25) is 0 Å². The van der Waals surface area contributed by atoms with Gasteiger partial charge in [0.1, 0.15) is 5.82 Å². The molecule has 0 aliphatic carbocycles. The highest BCUT2D eigenvalue weighted by Gasteiger charge is 2.13. The van der Waals surface area contributed by atoms with E-state index in [-0.39, 0.29) is 11.9 Å². The van der Waals surface area contributed by atoms with Gasteiger partial charge in [0.05, 0.1) is 6.10 Å². The van der Waals surface area contributed by atoms with Crippen LogP contribution in [0.1, 0.15) is 24.5 Å². The number of halogens is 1. The first-order valence-corrected chi connectivity index (χ1v) is 5.31. The molecule has 2 unspecified atom stereocenters. The van der Waals surface area contributed by atoms with Gasteiger partial charge in [-0.05, 0) is 30.5 Å². The van der Waals surface area contributed by atoms with Gasteiger partial charge >= 0.3 is 0 Å². The number of ether oxygens (including phenoxy) is 1. The number of aliphatic hydroxyl groups excluding tert-OH is 1. The zero-order valence-corrected chi connectivity index (χ0v) is 9.40. The molecule has 1 aromatic carbocycles. The normalized spacial score (nSPS) is 14.8. The first-order valence-electron chi connectivity index (χ1n) is 5.31. The standard InChI is InChI=1S/C12H18FNO2/c1-16-6-5-11(14)8-12(15)9-3-2-4-10(13)7-9/h2-4,7,11-12,15H,5-6,8,14H2,1H3. The van der Waals surface area contributed by atoms with E-state index in [0.29, 0.717) is 25.0 Å². The fourth-order valence-corrected chi connectivity index (χ4v) is 1.52. The second-order valence-electron chi connectivity index (χ2n) is 3.85. The molecule has 0 saturated carbocycles. The van der Waals surface area contributed by atoms with Crippen molar-refractivity contribution in [2.75, 3.05) is 13.7 Å². The Morgan fingerprint density at radius 3 is 2.88 bits per heavy atom. The van der Waals surface area contributed by atoms with Crippen LogP contribution in [0.5, 0.6) is 0 Å². The lowest BCUT2D eigenvalue weighted by Gasteiger charge is -2.16. The molecule has 16 heavy (non-hydrogen) atoms. The molecule has 2 atom stereocenters. The van der Waals surface area contributed by atoms with Crippen molar-refractivity contribution in [3.8, 4) is 0 Å². The Bertz CT molecular complexity index is 320. The Morgan fingerprint density at radius 2 is 2.25 bits per heavy atom. The maximum atomic E-state index is 12.9. The third-order valence-corrected chi connectivity index (χ3v) is 2.45. The van der Waals surface area contributed by atoms with E-state index in [2.05, 4.69) is 0 Å². The monoisotopic (exact) mass is 227 g/mol. The Kier molecular flexibility index (Phi) is 5.38. The summed E-state index contributed by atoms with van der Waals surface area (Å²) < 4.78 is 17.8. The number of nitrogens with two attached hydrogens (primary N) is 1. The lowest BCUT2D eigenvalue weighted by molar-refractivity contribution is 0.141. The van der Waals surface area contributed by atoms with Gasteiger partial charge in [0.25, 0.3) is 0 Å². The van der Waals surface area contributed by atoms with E-state index in [4.69, 9.17) is 10.5 Å². The summed E-state index contributed by atoms with van der Waals surface area (Å²) in [7, 11) is 1.61. The Hall–Kier alpha value is -0.970. The molecule has 3 nitrogen and oxygen atoms in total. The second-order valence-corrected chi connectivity index (χ2v) is 3.85. The molecule has 0 aliphatic rings. The fourth-order valence-electron chi connectivity index (χ4n) is 1.52. The van der Waals surface area contributed by atoms with Crippen molar-refractivity contribution in [3.05, 3.63) is 35.6 Å². The lowest BCUT2D eigenvalue weighted by Crippen LogP contribution is -2.24. The Labute approximate surface area is 95.0 Å². The predicted molar refractivity (Wildman–Crippen MR) is 60.4 cm³/mol. The first kappa shape index (κ1) is 13.1. The van der Waals surface area contributed by atoms with Gasteiger partial charge in [0.2, 0.25) is 0 Å². The molecule has 0 heterocycles. The van der Waals surface area contributed by atoms with Gasteiger partial charge in [-0.3, -0.25) is 0 Å². The fraction of sp³-hybridized carbons (Fsp3) is 0.500. The predicted octanol–water partition coefficient (Wildman–Crippen LogP) is 1.61. The molecule has 0 spiro atoms. The molecule has 1 rings (SSSR count). The average Bonchev–Trinajstić information content (AvgIpc) is 2.26. The molecule has 90 valence electrons. The lowest BCUT2D eigenvalue weighted by atomic mass is 10.0. The average molecular weight is 227 g/mol. The van der Waals surface area contributed by atoms with Crippen LogP contribution in [0.25, 0.3) is 0 Å². The quantitative estimate of drug-likeness (QED) is 0.776. The largest absolute Gasteiger partial charge is 0.388 e. The highest BCUT2D eigenvalue weighted by Crippen LogP contribution is 2.19. The first-order chi connectivity index (χ1) is 7.63. The number of rotatable bonds is 6. The van der Waals surface area contributed by atoms with Crippen molar-refractivity contribution < 1.29 is 14.2 Å². The van der Waals surface area contributed by atoms with Gasteiger partial charge in [-0.15, -0.1) is 0 Å². The van der Waals surface area contributed by atoms with Crippen LogP contribution in [-0.2, 0) is 4.74 Å². The van der Waals surface area contributed by atoms with Gasteiger partial charge in [0.15, 0.2) is 0 Å². The molecule has 0 amide bonds. The smallest absolute Gasteiger partial charge is 0.123 e. The topological polar surface area (TPSA) is 55.5 Å².